The molecule has 1 aromatic heterocycles. The zero-order valence-electron chi connectivity index (χ0n) is 13.2. The molecule has 0 fully saturated rings. The lowest BCUT2D eigenvalue weighted by atomic mass is 9.87. The topological polar surface area (TPSA) is 50.8 Å². The highest BCUT2D eigenvalue weighted by atomic mass is 19.4. The number of nitriles is 1. The van der Waals surface area contributed by atoms with Crippen LogP contribution >= 0.6 is 0 Å². The molecule has 122 valence electrons. The van der Waals surface area contributed by atoms with Crippen molar-refractivity contribution >= 4 is 0 Å². The fourth-order valence-electron chi connectivity index (χ4n) is 2.06. The van der Waals surface area contributed by atoms with Crippen LogP contribution < -0.4 is 4.74 Å². The summed E-state index contributed by atoms with van der Waals surface area (Å²) >= 11 is 0. The van der Waals surface area contributed by atoms with E-state index in [0.717, 1.165) is 10.2 Å². The molecule has 0 aliphatic carbocycles. The van der Waals surface area contributed by atoms with Gasteiger partial charge in [-0.1, -0.05) is 32.9 Å². The summed E-state index contributed by atoms with van der Waals surface area (Å²) < 4.78 is 45.0. The number of hydrogen-bond donors (Lipinski definition) is 0. The molecule has 0 saturated carbocycles. The second kappa shape index (κ2) is 5.61. The predicted octanol–water partition coefficient (Wildman–Crippen LogP) is 4.40. The first-order valence-electron chi connectivity index (χ1n) is 6.86. The molecule has 7 heteroatoms. The molecule has 0 aliphatic rings. The molecule has 0 aliphatic heterocycles. The fraction of sp³-hybridized carbons (Fsp3) is 0.375. The highest BCUT2D eigenvalue weighted by molar-refractivity contribution is 5.46. The van der Waals surface area contributed by atoms with E-state index in [1.165, 1.54) is 13.1 Å². The lowest BCUT2D eigenvalue weighted by Crippen LogP contribution is -2.10. The van der Waals surface area contributed by atoms with Gasteiger partial charge in [0.25, 0.3) is 0 Å². The average Bonchev–Trinajstić information content (AvgIpc) is 2.75. The number of alkyl halides is 3. The Labute approximate surface area is 132 Å². The third kappa shape index (κ3) is 3.47. The average molecular weight is 323 g/mol. The Morgan fingerprint density at radius 3 is 2.13 bits per heavy atom. The van der Waals surface area contributed by atoms with Gasteiger partial charge < -0.3 is 4.74 Å². The number of nitrogens with zero attached hydrogens (tertiary/aromatic N) is 3. The van der Waals surface area contributed by atoms with Crippen molar-refractivity contribution in [2.45, 2.75) is 32.4 Å². The van der Waals surface area contributed by atoms with E-state index >= 15 is 0 Å². The van der Waals surface area contributed by atoms with Crippen LogP contribution in [0, 0.1) is 11.3 Å². The summed E-state index contributed by atoms with van der Waals surface area (Å²) in [6, 6.07) is 8.50. The number of hydrogen-bond acceptors (Lipinski definition) is 3. The molecule has 2 rings (SSSR count). The first-order chi connectivity index (χ1) is 10.5. The predicted molar refractivity (Wildman–Crippen MR) is 78.1 cm³/mol. The molecule has 0 radical (unpaired) electrons. The van der Waals surface area contributed by atoms with Gasteiger partial charge in [-0.05, 0) is 23.1 Å². The molecule has 0 bridgehead atoms. The molecule has 0 N–H and O–H groups in total. The van der Waals surface area contributed by atoms with E-state index in [0.29, 0.717) is 5.75 Å². The van der Waals surface area contributed by atoms with Crippen LogP contribution in [0.15, 0.2) is 24.3 Å². The maximum atomic E-state index is 12.9. The molecule has 0 spiro atoms. The van der Waals surface area contributed by atoms with Gasteiger partial charge in [0.05, 0.1) is 0 Å². The summed E-state index contributed by atoms with van der Waals surface area (Å²) in [7, 11) is 1.30. The largest absolute Gasteiger partial charge is 0.438 e. The number of aromatic nitrogens is 2. The third-order valence-electron chi connectivity index (χ3n) is 3.31. The summed E-state index contributed by atoms with van der Waals surface area (Å²) in [5.41, 5.74) is -0.859. The summed E-state index contributed by atoms with van der Waals surface area (Å²) in [5.74, 6) is 0.106. The van der Waals surface area contributed by atoms with Crippen LogP contribution in [0.2, 0.25) is 0 Å². The standard InChI is InChI=1S/C16H16F3N3O/c1-15(2,3)10-5-7-11(8-6-10)23-14-12(9-20)13(16(17,18)19)21-22(14)4/h5-8H,1-4H3. The molecule has 1 aromatic carbocycles. The molecule has 2 aromatic rings. The van der Waals surface area contributed by atoms with Crippen molar-refractivity contribution in [2.24, 2.45) is 7.05 Å². The van der Waals surface area contributed by atoms with E-state index in [9.17, 15) is 13.2 Å². The number of aryl methyl sites for hydroxylation is 1. The van der Waals surface area contributed by atoms with Gasteiger partial charge in [0, 0.05) is 7.05 Å². The van der Waals surface area contributed by atoms with Crippen LogP contribution in [0.4, 0.5) is 13.2 Å². The van der Waals surface area contributed by atoms with E-state index in [2.05, 4.69) is 5.10 Å². The smallest absolute Gasteiger partial charge is 0.436 e. The van der Waals surface area contributed by atoms with E-state index in [-0.39, 0.29) is 11.3 Å². The maximum absolute atomic E-state index is 12.9. The minimum atomic E-state index is -4.71. The Bertz CT molecular complexity index is 747. The summed E-state index contributed by atoms with van der Waals surface area (Å²) in [6.07, 6.45) is -4.71. The molecule has 4 nitrogen and oxygen atoms in total. The first kappa shape index (κ1) is 16.9. The van der Waals surface area contributed by atoms with Crippen molar-refractivity contribution in [3.8, 4) is 17.7 Å². The van der Waals surface area contributed by atoms with E-state index < -0.39 is 17.4 Å². The van der Waals surface area contributed by atoms with Crippen LogP contribution in [0.5, 0.6) is 11.6 Å². The summed E-state index contributed by atoms with van der Waals surface area (Å²) in [6.45, 7) is 6.15. The lowest BCUT2D eigenvalue weighted by molar-refractivity contribution is -0.141. The molecule has 0 amide bonds. The minimum absolute atomic E-state index is 0.0493. The Morgan fingerprint density at radius 1 is 1.13 bits per heavy atom. The Hall–Kier alpha value is -2.49. The van der Waals surface area contributed by atoms with Gasteiger partial charge in [-0.2, -0.15) is 23.5 Å². The quantitative estimate of drug-likeness (QED) is 0.823. The van der Waals surface area contributed by atoms with E-state index in [4.69, 9.17) is 10.00 Å². The molecule has 23 heavy (non-hydrogen) atoms. The van der Waals surface area contributed by atoms with Crippen LogP contribution in [-0.2, 0) is 18.6 Å². The van der Waals surface area contributed by atoms with Crippen LogP contribution in [-0.4, -0.2) is 9.78 Å². The number of rotatable bonds is 2. The number of benzene rings is 1. The van der Waals surface area contributed by atoms with Crippen LogP contribution in [0.1, 0.15) is 37.6 Å². The van der Waals surface area contributed by atoms with Gasteiger partial charge in [0.2, 0.25) is 5.88 Å². The maximum Gasteiger partial charge on any atom is 0.436 e. The highest BCUT2D eigenvalue weighted by Crippen LogP contribution is 2.36. The van der Waals surface area contributed by atoms with Gasteiger partial charge in [-0.15, -0.1) is 0 Å². The highest BCUT2D eigenvalue weighted by Gasteiger charge is 2.40. The number of ether oxygens (including phenoxy) is 1. The van der Waals surface area contributed by atoms with E-state index in [1.54, 1.807) is 12.1 Å². The van der Waals surface area contributed by atoms with Crippen molar-refractivity contribution in [2.75, 3.05) is 0 Å². The zero-order chi connectivity index (χ0) is 17.4. The SMILES string of the molecule is Cn1nc(C(F)(F)F)c(C#N)c1Oc1ccc(C(C)(C)C)cc1. The van der Waals surface area contributed by atoms with Gasteiger partial charge in [-0.3, -0.25) is 0 Å². The Morgan fingerprint density at radius 2 is 1.70 bits per heavy atom. The first-order valence-corrected chi connectivity index (χ1v) is 6.86. The number of halogens is 3. The Balaban J connectivity index is 2.38. The minimum Gasteiger partial charge on any atom is -0.438 e. The van der Waals surface area contributed by atoms with Crippen molar-refractivity contribution in [1.29, 1.82) is 5.26 Å². The molecular formula is C16H16F3N3O. The monoisotopic (exact) mass is 323 g/mol. The van der Waals surface area contributed by atoms with Crippen LogP contribution in [0.3, 0.4) is 0 Å². The molecular weight excluding hydrogens is 307 g/mol. The molecule has 0 saturated heterocycles. The molecule has 0 atom stereocenters. The van der Waals surface area contributed by atoms with Crippen LogP contribution in [0.25, 0.3) is 0 Å². The second-order valence-electron chi connectivity index (χ2n) is 6.14. The van der Waals surface area contributed by atoms with Gasteiger partial charge >= 0.3 is 6.18 Å². The fourth-order valence-corrected chi connectivity index (χ4v) is 2.06. The molecule has 1 heterocycles. The summed E-state index contributed by atoms with van der Waals surface area (Å²) in [4.78, 5) is 0. The van der Waals surface area contributed by atoms with Gasteiger partial charge in [0.1, 0.15) is 17.4 Å². The Kier molecular flexibility index (Phi) is 4.12. The van der Waals surface area contributed by atoms with Gasteiger partial charge in [-0.25, -0.2) is 4.68 Å². The molecule has 0 unspecified atom stereocenters. The van der Waals surface area contributed by atoms with Gasteiger partial charge in [0.15, 0.2) is 5.69 Å². The van der Waals surface area contributed by atoms with Crippen molar-refractivity contribution in [3.05, 3.63) is 41.1 Å². The van der Waals surface area contributed by atoms with Crippen molar-refractivity contribution in [1.82, 2.24) is 9.78 Å². The van der Waals surface area contributed by atoms with Crippen molar-refractivity contribution < 1.29 is 17.9 Å². The summed E-state index contributed by atoms with van der Waals surface area (Å²) in [5, 5.41) is 12.4. The zero-order valence-corrected chi connectivity index (χ0v) is 13.2. The normalized spacial score (nSPS) is 12.1. The lowest BCUT2D eigenvalue weighted by Gasteiger charge is -2.19. The van der Waals surface area contributed by atoms with Crippen molar-refractivity contribution in [3.63, 3.8) is 0 Å². The third-order valence-corrected chi connectivity index (χ3v) is 3.31. The second-order valence-corrected chi connectivity index (χ2v) is 6.14. The van der Waals surface area contributed by atoms with E-state index in [1.807, 2.05) is 32.9 Å².